The molecule has 2 aromatic rings. The molecule has 0 spiro atoms. The van der Waals surface area contributed by atoms with Gasteiger partial charge in [0.25, 0.3) is 0 Å². The van der Waals surface area contributed by atoms with E-state index in [2.05, 4.69) is 0 Å². The molecule has 0 aliphatic heterocycles. The monoisotopic (exact) mass is 401 g/mol. The van der Waals surface area contributed by atoms with Gasteiger partial charge in [-0.2, -0.15) is 0 Å². The number of methoxy groups -OCH3 is 1. The fraction of sp³-hybridized carbons (Fsp3) is 0.348. The van der Waals surface area contributed by atoms with E-state index in [1.165, 1.54) is 31.4 Å². The maximum absolute atomic E-state index is 14.1. The van der Waals surface area contributed by atoms with Gasteiger partial charge in [-0.1, -0.05) is 13.3 Å². The van der Waals surface area contributed by atoms with Crippen LogP contribution < -0.4 is 9.47 Å². The van der Waals surface area contributed by atoms with E-state index in [1.54, 1.807) is 18.2 Å². The third-order valence-electron chi connectivity index (χ3n) is 4.38. The number of aryl methyl sites for hydroxylation is 1. The number of halogens is 1. The van der Waals surface area contributed by atoms with Gasteiger partial charge in [-0.3, -0.25) is 4.79 Å². The average molecular weight is 401 g/mol. The van der Waals surface area contributed by atoms with Crippen LogP contribution in [0.4, 0.5) is 4.39 Å². The van der Waals surface area contributed by atoms with Crippen molar-refractivity contribution in [1.29, 1.82) is 0 Å². The number of likely N-dealkylation sites (N-methyl/N-ethyl adjacent to an activating group) is 1. The second-order valence-electron chi connectivity index (χ2n) is 6.96. The number of ether oxygens (including phenoxy) is 2. The van der Waals surface area contributed by atoms with Crippen molar-refractivity contribution >= 4 is 11.9 Å². The van der Waals surface area contributed by atoms with Crippen LogP contribution in [-0.2, 0) is 6.42 Å². The van der Waals surface area contributed by atoms with Crippen LogP contribution in [0.25, 0.3) is 6.08 Å². The normalized spacial score (nSPS) is 11.2. The number of phenols is 1. The molecule has 0 radical (unpaired) electrons. The minimum absolute atomic E-state index is 0.105. The van der Waals surface area contributed by atoms with Gasteiger partial charge in [-0.15, -0.1) is 0 Å². The predicted octanol–water partition coefficient (Wildman–Crippen LogP) is 4.33. The van der Waals surface area contributed by atoms with E-state index < -0.39 is 5.82 Å². The molecule has 0 amide bonds. The zero-order valence-electron chi connectivity index (χ0n) is 17.4. The topological polar surface area (TPSA) is 59.0 Å². The minimum Gasteiger partial charge on any atom is -0.508 e. The van der Waals surface area contributed by atoms with Gasteiger partial charge in [-0.05, 0) is 56.4 Å². The lowest BCUT2D eigenvalue weighted by atomic mass is 10.0. The Hall–Kier alpha value is -2.86. The number of ketones is 1. The number of rotatable bonds is 10. The first kappa shape index (κ1) is 22.4. The van der Waals surface area contributed by atoms with E-state index in [-0.39, 0.29) is 17.1 Å². The molecular weight excluding hydrogens is 373 g/mol. The Bertz CT molecular complexity index is 877. The Balaban J connectivity index is 2.31. The molecule has 1 N–H and O–H groups in total. The van der Waals surface area contributed by atoms with Crippen LogP contribution in [0.1, 0.15) is 34.8 Å². The van der Waals surface area contributed by atoms with Crippen molar-refractivity contribution in [3.8, 4) is 17.2 Å². The lowest BCUT2D eigenvalue weighted by Gasteiger charge is -2.15. The summed E-state index contributed by atoms with van der Waals surface area (Å²) in [5.74, 6) is 0.0263. The first-order valence-corrected chi connectivity index (χ1v) is 9.55. The molecule has 0 atom stereocenters. The van der Waals surface area contributed by atoms with Crippen LogP contribution >= 0.6 is 0 Å². The van der Waals surface area contributed by atoms with Crippen molar-refractivity contribution in [2.45, 2.75) is 19.8 Å². The summed E-state index contributed by atoms with van der Waals surface area (Å²) in [4.78, 5) is 14.8. The largest absolute Gasteiger partial charge is 0.508 e. The Kier molecular flexibility index (Phi) is 8.21. The molecule has 156 valence electrons. The van der Waals surface area contributed by atoms with E-state index in [4.69, 9.17) is 9.47 Å². The third kappa shape index (κ3) is 6.32. The highest BCUT2D eigenvalue weighted by molar-refractivity contribution is 6.09. The standard InChI is InChI=1S/C23H28FNO4/c1-5-6-17-13-19(23(15-22(17)27)29-12-11-25(2)3)21(26)10-8-16-7-9-18(28-4)14-20(16)24/h7-10,13-15,27H,5-6,11-12H2,1-4H3. The molecule has 6 heteroatoms. The molecule has 0 fully saturated rings. The van der Waals surface area contributed by atoms with E-state index in [9.17, 15) is 14.3 Å². The van der Waals surface area contributed by atoms with Crippen molar-refractivity contribution < 1.29 is 23.8 Å². The fourth-order valence-corrected chi connectivity index (χ4v) is 2.76. The van der Waals surface area contributed by atoms with Gasteiger partial charge in [0.2, 0.25) is 0 Å². The van der Waals surface area contributed by atoms with Crippen LogP contribution in [0.2, 0.25) is 0 Å². The second kappa shape index (κ2) is 10.6. The van der Waals surface area contributed by atoms with Crippen molar-refractivity contribution in [2.75, 3.05) is 34.4 Å². The van der Waals surface area contributed by atoms with Crippen LogP contribution in [0.5, 0.6) is 17.2 Å². The van der Waals surface area contributed by atoms with Crippen molar-refractivity contribution in [3.05, 3.63) is 58.9 Å². The smallest absolute Gasteiger partial charge is 0.189 e. The summed E-state index contributed by atoms with van der Waals surface area (Å²) in [5.41, 5.74) is 1.30. The third-order valence-corrected chi connectivity index (χ3v) is 4.38. The molecule has 0 aromatic heterocycles. The van der Waals surface area contributed by atoms with Crippen molar-refractivity contribution in [1.82, 2.24) is 4.90 Å². The van der Waals surface area contributed by atoms with Gasteiger partial charge in [0.1, 0.15) is 29.7 Å². The van der Waals surface area contributed by atoms with Crippen LogP contribution in [0, 0.1) is 5.82 Å². The maximum Gasteiger partial charge on any atom is 0.189 e. The van der Waals surface area contributed by atoms with Crippen LogP contribution in [-0.4, -0.2) is 50.1 Å². The van der Waals surface area contributed by atoms with Gasteiger partial charge < -0.3 is 19.5 Å². The number of benzene rings is 2. The molecule has 0 heterocycles. The molecule has 0 saturated carbocycles. The first-order chi connectivity index (χ1) is 13.8. The van der Waals surface area contributed by atoms with Gasteiger partial charge >= 0.3 is 0 Å². The number of nitrogens with zero attached hydrogens (tertiary/aromatic N) is 1. The number of aromatic hydroxyl groups is 1. The Morgan fingerprint density at radius 1 is 1.24 bits per heavy atom. The SMILES string of the molecule is CCCc1cc(C(=O)C=Cc2ccc(OC)cc2F)c(OCCN(C)C)cc1O. The van der Waals surface area contributed by atoms with Gasteiger partial charge in [-0.25, -0.2) is 4.39 Å². The number of hydrogen-bond acceptors (Lipinski definition) is 5. The molecule has 0 unspecified atom stereocenters. The number of carbonyl (C=O) groups is 1. The highest BCUT2D eigenvalue weighted by Crippen LogP contribution is 2.30. The predicted molar refractivity (Wildman–Crippen MR) is 112 cm³/mol. The summed E-state index contributed by atoms with van der Waals surface area (Å²) < 4.78 is 24.9. The first-order valence-electron chi connectivity index (χ1n) is 9.55. The van der Waals surface area contributed by atoms with Crippen LogP contribution in [0.3, 0.4) is 0 Å². The summed E-state index contributed by atoms with van der Waals surface area (Å²) in [5, 5.41) is 10.2. The zero-order valence-corrected chi connectivity index (χ0v) is 17.4. The summed E-state index contributed by atoms with van der Waals surface area (Å²) in [6.45, 7) is 3.03. The van der Waals surface area contributed by atoms with Crippen molar-refractivity contribution in [3.63, 3.8) is 0 Å². The van der Waals surface area contributed by atoms with E-state index in [1.807, 2.05) is 25.9 Å². The molecule has 0 aliphatic carbocycles. The Morgan fingerprint density at radius 2 is 2.00 bits per heavy atom. The lowest BCUT2D eigenvalue weighted by molar-refractivity contribution is 0.104. The highest BCUT2D eigenvalue weighted by Gasteiger charge is 2.15. The zero-order chi connectivity index (χ0) is 21.4. The number of allylic oxidation sites excluding steroid dienone is 1. The lowest BCUT2D eigenvalue weighted by Crippen LogP contribution is -2.20. The molecule has 2 rings (SSSR count). The van der Waals surface area contributed by atoms with Gasteiger partial charge in [0.15, 0.2) is 5.78 Å². The molecule has 0 aliphatic rings. The second-order valence-corrected chi connectivity index (χ2v) is 6.96. The summed E-state index contributed by atoms with van der Waals surface area (Å²) >= 11 is 0. The maximum atomic E-state index is 14.1. The summed E-state index contributed by atoms with van der Waals surface area (Å²) in [6.07, 6.45) is 4.20. The number of phenolic OH excluding ortho intramolecular Hbond substituents is 1. The quantitative estimate of drug-likeness (QED) is 0.474. The number of hydrogen-bond donors (Lipinski definition) is 1. The molecule has 0 saturated heterocycles. The minimum atomic E-state index is -0.478. The number of carbonyl (C=O) groups excluding carboxylic acids is 1. The average Bonchev–Trinajstić information content (AvgIpc) is 2.68. The van der Waals surface area contributed by atoms with Gasteiger partial charge in [0.05, 0.1) is 12.7 Å². The molecule has 5 nitrogen and oxygen atoms in total. The van der Waals surface area contributed by atoms with Gasteiger partial charge in [0, 0.05) is 24.2 Å². The molecule has 29 heavy (non-hydrogen) atoms. The van der Waals surface area contributed by atoms with E-state index in [0.29, 0.717) is 42.2 Å². The fourth-order valence-electron chi connectivity index (χ4n) is 2.76. The van der Waals surface area contributed by atoms with Crippen molar-refractivity contribution in [2.24, 2.45) is 0 Å². The van der Waals surface area contributed by atoms with E-state index in [0.717, 1.165) is 6.42 Å². The van der Waals surface area contributed by atoms with E-state index >= 15 is 0 Å². The Labute approximate surface area is 171 Å². The summed E-state index contributed by atoms with van der Waals surface area (Å²) in [6, 6.07) is 7.57. The highest BCUT2D eigenvalue weighted by atomic mass is 19.1. The molecule has 2 aromatic carbocycles. The Morgan fingerprint density at radius 3 is 2.62 bits per heavy atom. The molecular formula is C23H28FNO4. The summed E-state index contributed by atoms with van der Waals surface area (Å²) in [7, 11) is 5.30. The van der Waals surface area contributed by atoms with Crippen LogP contribution in [0.15, 0.2) is 36.4 Å². The molecule has 0 bridgehead atoms.